The largest absolute Gasteiger partial charge is 0.416 e. The van der Waals surface area contributed by atoms with Gasteiger partial charge in [-0.25, -0.2) is 0 Å². The van der Waals surface area contributed by atoms with Gasteiger partial charge in [0, 0.05) is 24.2 Å². The molecule has 3 aromatic rings. The summed E-state index contributed by atoms with van der Waals surface area (Å²) in [5, 5.41) is 13.3. The van der Waals surface area contributed by atoms with Gasteiger partial charge in [-0.15, -0.1) is 0 Å². The first-order valence-electron chi connectivity index (χ1n) is 7.64. The van der Waals surface area contributed by atoms with Crippen LogP contribution in [0.5, 0.6) is 0 Å². The van der Waals surface area contributed by atoms with E-state index < -0.39 is 18.8 Å². The summed E-state index contributed by atoms with van der Waals surface area (Å²) in [6.07, 6.45) is -2.19. The first-order valence-corrected chi connectivity index (χ1v) is 7.64. The van der Waals surface area contributed by atoms with Gasteiger partial charge in [-0.05, 0) is 41.8 Å². The molecule has 0 saturated carbocycles. The van der Waals surface area contributed by atoms with Crippen LogP contribution < -0.4 is 0 Å². The second kappa shape index (κ2) is 6.68. The minimum absolute atomic E-state index is 0.544. The number of hydrogen-bond donors (Lipinski definition) is 1. The molecule has 0 aliphatic heterocycles. The van der Waals surface area contributed by atoms with Crippen molar-refractivity contribution >= 4 is 0 Å². The Morgan fingerprint density at radius 2 is 1.92 bits per heavy atom. The van der Waals surface area contributed by atoms with Crippen molar-refractivity contribution in [2.45, 2.75) is 25.7 Å². The average Bonchev–Trinajstić information content (AvgIpc) is 3.03. The van der Waals surface area contributed by atoms with Gasteiger partial charge in [-0.1, -0.05) is 18.2 Å². The van der Waals surface area contributed by atoms with E-state index in [1.54, 1.807) is 18.5 Å². The van der Waals surface area contributed by atoms with Crippen LogP contribution in [0.3, 0.4) is 0 Å². The molecule has 7 heteroatoms. The molecule has 0 aliphatic carbocycles. The number of benzene rings is 1. The van der Waals surface area contributed by atoms with Gasteiger partial charge in [0.2, 0.25) is 0 Å². The molecule has 0 aliphatic rings. The summed E-state index contributed by atoms with van der Waals surface area (Å²) >= 11 is 0. The van der Waals surface area contributed by atoms with E-state index in [0.717, 1.165) is 26.9 Å². The van der Waals surface area contributed by atoms with Crippen LogP contribution in [0.1, 0.15) is 5.56 Å². The van der Waals surface area contributed by atoms with E-state index in [1.165, 1.54) is 6.20 Å². The van der Waals surface area contributed by atoms with E-state index in [2.05, 4.69) is 10.1 Å². The molecular weight excluding hydrogens is 331 g/mol. The summed E-state index contributed by atoms with van der Waals surface area (Å²) in [6, 6.07) is 11.1. The van der Waals surface area contributed by atoms with Crippen molar-refractivity contribution in [3.63, 3.8) is 0 Å². The molecule has 4 nitrogen and oxygen atoms in total. The number of pyridine rings is 1. The Morgan fingerprint density at radius 3 is 2.64 bits per heavy atom. The summed E-state index contributed by atoms with van der Waals surface area (Å²) in [5.41, 5.74) is 4.36. The molecule has 2 aromatic heterocycles. The minimum Gasteiger partial charge on any atom is -0.382 e. The van der Waals surface area contributed by atoms with E-state index in [4.69, 9.17) is 5.11 Å². The standard InChI is InChI=1S/C18H16F3N3O/c1-12-10-22-7-5-15(12)13-3-2-4-14(9-13)16-6-8-24(23-16)11-17(25)18(19,20)21/h2-10,17,25H,11H2,1H3/t17-/m0/s1. The molecule has 0 spiro atoms. The quantitative estimate of drug-likeness (QED) is 0.780. The van der Waals surface area contributed by atoms with Crippen LogP contribution >= 0.6 is 0 Å². The lowest BCUT2D eigenvalue weighted by Gasteiger charge is -2.14. The van der Waals surface area contributed by atoms with Gasteiger partial charge in [-0.3, -0.25) is 9.67 Å². The normalized spacial score (nSPS) is 13.0. The van der Waals surface area contributed by atoms with Crippen molar-refractivity contribution in [1.82, 2.24) is 14.8 Å². The van der Waals surface area contributed by atoms with Crippen molar-refractivity contribution < 1.29 is 18.3 Å². The number of rotatable bonds is 4. The fourth-order valence-corrected chi connectivity index (χ4v) is 2.54. The summed E-state index contributed by atoms with van der Waals surface area (Å²) < 4.78 is 38.4. The summed E-state index contributed by atoms with van der Waals surface area (Å²) in [6.45, 7) is 1.33. The molecule has 130 valence electrons. The van der Waals surface area contributed by atoms with Crippen molar-refractivity contribution in [3.05, 3.63) is 60.6 Å². The van der Waals surface area contributed by atoms with E-state index in [0.29, 0.717) is 5.69 Å². The highest BCUT2D eigenvalue weighted by atomic mass is 19.4. The summed E-state index contributed by atoms with van der Waals surface area (Å²) in [7, 11) is 0. The van der Waals surface area contributed by atoms with Crippen LogP contribution in [0.15, 0.2) is 55.0 Å². The summed E-state index contributed by atoms with van der Waals surface area (Å²) in [5.74, 6) is 0. The van der Waals surface area contributed by atoms with Crippen LogP contribution in [0, 0.1) is 6.92 Å². The molecule has 0 fully saturated rings. The van der Waals surface area contributed by atoms with Gasteiger partial charge in [0.25, 0.3) is 0 Å². The molecule has 0 unspecified atom stereocenters. The van der Waals surface area contributed by atoms with Crippen LogP contribution in [-0.2, 0) is 6.54 Å². The lowest BCUT2D eigenvalue weighted by molar-refractivity contribution is -0.208. The number of alkyl halides is 3. The maximum Gasteiger partial charge on any atom is 0.416 e. The predicted molar refractivity (Wildman–Crippen MR) is 87.7 cm³/mol. The zero-order chi connectivity index (χ0) is 18.0. The molecule has 0 saturated heterocycles. The third kappa shape index (κ3) is 3.88. The number of nitrogens with zero attached hydrogens (tertiary/aromatic N) is 3. The first-order chi connectivity index (χ1) is 11.8. The third-order valence-corrected chi connectivity index (χ3v) is 3.87. The highest BCUT2D eigenvalue weighted by molar-refractivity contribution is 5.72. The van der Waals surface area contributed by atoms with Crippen molar-refractivity contribution in [3.8, 4) is 22.4 Å². The van der Waals surface area contributed by atoms with Crippen molar-refractivity contribution in [1.29, 1.82) is 0 Å². The Hall–Kier alpha value is -2.67. The zero-order valence-electron chi connectivity index (χ0n) is 13.4. The van der Waals surface area contributed by atoms with Gasteiger partial charge < -0.3 is 5.11 Å². The van der Waals surface area contributed by atoms with E-state index in [1.807, 2.05) is 37.3 Å². The topological polar surface area (TPSA) is 50.9 Å². The highest BCUT2D eigenvalue weighted by Gasteiger charge is 2.38. The molecule has 0 radical (unpaired) electrons. The zero-order valence-corrected chi connectivity index (χ0v) is 13.4. The van der Waals surface area contributed by atoms with Gasteiger partial charge >= 0.3 is 6.18 Å². The third-order valence-electron chi connectivity index (χ3n) is 3.87. The molecule has 1 atom stereocenters. The molecule has 1 N–H and O–H groups in total. The lowest BCUT2D eigenvalue weighted by atomic mass is 10.00. The number of hydrogen-bond acceptors (Lipinski definition) is 3. The van der Waals surface area contributed by atoms with Gasteiger partial charge in [0.05, 0.1) is 12.2 Å². The Morgan fingerprint density at radius 1 is 1.16 bits per heavy atom. The Kier molecular flexibility index (Phi) is 4.59. The maximum absolute atomic E-state index is 12.4. The molecule has 2 heterocycles. The molecule has 0 amide bonds. The second-order valence-corrected chi connectivity index (χ2v) is 5.75. The molecule has 25 heavy (non-hydrogen) atoms. The number of aromatic nitrogens is 3. The second-order valence-electron chi connectivity index (χ2n) is 5.75. The molecular formula is C18H16F3N3O. The molecule has 3 rings (SSSR count). The van der Waals surface area contributed by atoms with Crippen LogP contribution in [0.2, 0.25) is 0 Å². The Bertz CT molecular complexity index is 874. The number of aliphatic hydroxyl groups excluding tert-OH is 1. The van der Waals surface area contributed by atoms with Crippen molar-refractivity contribution in [2.24, 2.45) is 0 Å². The van der Waals surface area contributed by atoms with E-state index >= 15 is 0 Å². The average molecular weight is 347 g/mol. The van der Waals surface area contributed by atoms with Crippen LogP contribution in [0.25, 0.3) is 22.4 Å². The summed E-state index contributed by atoms with van der Waals surface area (Å²) in [4.78, 5) is 4.07. The van der Waals surface area contributed by atoms with E-state index in [-0.39, 0.29) is 0 Å². The Labute approximate surface area is 142 Å². The van der Waals surface area contributed by atoms with Crippen LogP contribution in [0.4, 0.5) is 13.2 Å². The highest BCUT2D eigenvalue weighted by Crippen LogP contribution is 2.27. The molecule has 1 aromatic carbocycles. The van der Waals surface area contributed by atoms with Crippen LogP contribution in [-0.4, -0.2) is 32.2 Å². The number of aliphatic hydroxyl groups is 1. The maximum atomic E-state index is 12.4. The van der Waals surface area contributed by atoms with Gasteiger partial charge in [0.15, 0.2) is 6.10 Å². The number of aryl methyl sites for hydroxylation is 1. The van der Waals surface area contributed by atoms with E-state index in [9.17, 15) is 13.2 Å². The SMILES string of the molecule is Cc1cnccc1-c1cccc(-c2ccn(C[C@H](O)C(F)(F)F)n2)c1. The van der Waals surface area contributed by atoms with Gasteiger partial charge in [-0.2, -0.15) is 18.3 Å². The first kappa shape index (κ1) is 17.2. The fourth-order valence-electron chi connectivity index (χ4n) is 2.54. The van der Waals surface area contributed by atoms with Gasteiger partial charge in [0.1, 0.15) is 0 Å². The molecule has 0 bridgehead atoms. The fraction of sp³-hybridized carbons (Fsp3) is 0.222. The van der Waals surface area contributed by atoms with Crippen molar-refractivity contribution in [2.75, 3.05) is 0 Å². The monoisotopic (exact) mass is 347 g/mol. The predicted octanol–water partition coefficient (Wildman–Crippen LogP) is 3.84. The minimum atomic E-state index is -4.66. The lowest BCUT2D eigenvalue weighted by Crippen LogP contribution is -2.32. The smallest absolute Gasteiger partial charge is 0.382 e. The Balaban J connectivity index is 1.86. The number of halogens is 3.